The molecule has 112 valence electrons. The van der Waals surface area contributed by atoms with Crippen LogP contribution in [0.25, 0.3) is 10.9 Å². The molecule has 1 saturated heterocycles. The standard InChI is InChI=1S/C15H18N2O3S/c1-11-2-3-12-9-13(15(18)16-14(12)8-11)10-17-4-6-21(19,20)7-5-17/h2-3,8-9H,4-7,10H2,1H3,(H,16,18). The Morgan fingerprint density at radius 3 is 2.62 bits per heavy atom. The zero-order valence-electron chi connectivity index (χ0n) is 11.9. The number of nitrogens with zero attached hydrogens (tertiary/aromatic N) is 1. The molecule has 1 aliphatic rings. The molecule has 0 aliphatic carbocycles. The van der Waals surface area contributed by atoms with Gasteiger partial charge >= 0.3 is 0 Å². The van der Waals surface area contributed by atoms with Crippen LogP contribution >= 0.6 is 0 Å². The van der Waals surface area contributed by atoms with Crippen molar-refractivity contribution in [2.45, 2.75) is 13.5 Å². The molecule has 0 amide bonds. The van der Waals surface area contributed by atoms with E-state index in [1.165, 1.54) is 0 Å². The van der Waals surface area contributed by atoms with E-state index in [4.69, 9.17) is 0 Å². The number of fused-ring (bicyclic) bond motifs is 1. The number of nitrogens with one attached hydrogen (secondary N) is 1. The second-order valence-corrected chi connectivity index (χ2v) is 7.95. The van der Waals surface area contributed by atoms with E-state index >= 15 is 0 Å². The van der Waals surface area contributed by atoms with Gasteiger partial charge in [-0.05, 0) is 30.0 Å². The summed E-state index contributed by atoms with van der Waals surface area (Å²) in [5, 5.41) is 1.000. The third-order valence-corrected chi connectivity index (χ3v) is 5.52. The van der Waals surface area contributed by atoms with Gasteiger partial charge in [-0.2, -0.15) is 0 Å². The molecule has 0 atom stereocenters. The monoisotopic (exact) mass is 306 g/mol. The Hall–Kier alpha value is -1.66. The van der Waals surface area contributed by atoms with Crippen molar-refractivity contribution in [2.24, 2.45) is 0 Å². The molecule has 2 heterocycles. The summed E-state index contributed by atoms with van der Waals surface area (Å²) in [6.45, 7) is 3.47. The first kappa shape index (κ1) is 14.3. The van der Waals surface area contributed by atoms with Crippen molar-refractivity contribution in [3.05, 3.63) is 45.7 Å². The molecule has 0 radical (unpaired) electrons. The van der Waals surface area contributed by atoms with Gasteiger partial charge in [-0.3, -0.25) is 9.69 Å². The Balaban J connectivity index is 1.86. The molecule has 1 fully saturated rings. The number of aromatic nitrogens is 1. The maximum atomic E-state index is 12.1. The number of hydrogen-bond acceptors (Lipinski definition) is 4. The third kappa shape index (κ3) is 3.16. The van der Waals surface area contributed by atoms with Gasteiger partial charge in [0, 0.05) is 30.7 Å². The summed E-state index contributed by atoms with van der Waals surface area (Å²) in [5.74, 6) is 0.357. The number of benzene rings is 1. The average Bonchev–Trinajstić information content (AvgIpc) is 2.42. The number of H-pyrrole nitrogens is 1. The summed E-state index contributed by atoms with van der Waals surface area (Å²) in [6.07, 6.45) is 0. The summed E-state index contributed by atoms with van der Waals surface area (Å²) < 4.78 is 22.9. The van der Waals surface area contributed by atoms with E-state index in [0.29, 0.717) is 25.2 Å². The van der Waals surface area contributed by atoms with E-state index in [0.717, 1.165) is 16.5 Å². The number of hydrogen-bond donors (Lipinski definition) is 1. The fraction of sp³-hybridized carbons (Fsp3) is 0.400. The summed E-state index contributed by atoms with van der Waals surface area (Å²) >= 11 is 0. The maximum Gasteiger partial charge on any atom is 0.252 e. The van der Waals surface area contributed by atoms with Crippen molar-refractivity contribution in [1.29, 1.82) is 0 Å². The normalized spacial score (nSPS) is 18.9. The summed E-state index contributed by atoms with van der Waals surface area (Å²) in [6, 6.07) is 7.85. The Morgan fingerprint density at radius 2 is 1.90 bits per heavy atom. The van der Waals surface area contributed by atoms with Crippen LogP contribution < -0.4 is 5.56 Å². The van der Waals surface area contributed by atoms with Gasteiger partial charge in [0.2, 0.25) is 0 Å². The first-order valence-corrected chi connectivity index (χ1v) is 8.80. The summed E-state index contributed by atoms with van der Waals surface area (Å²) in [5.41, 5.74) is 2.53. The number of sulfone groups is 1. The van der Waals surface area contributed by atoms with E-state index < -0.39 is 9.84 Å². The highest BCUT2D eigenvalue weighted by Gasteiger charge is 2.22. The van der Waals surface area contributed by atoms with Crippen LogP contribution in [0.4, 0.5) is 0 Å². The Bertz CT molecular complexity index is 826. The molecule has 6 heteroatoms. The molecule has 1 N–H and O–H groups in total. The second kappa shape index (κ2) is 5.27. The molecular formula is C15H18N2O3S. The lowest BCUT2D eigenvalue weighted by Gasteiger charge is -2.26. The molecule has 21 heavy (non-hydrogen) atoms. The number of aromatic amines is 1. The minimum Gasteiger partial charge on any atom is -0.322 e. The fourth-order valence-electron chi connectivity index (χ4n) is 2.63. The fourth-order valence-corrected chi connectivity index (χ4v) is 3.90. The van der Waals surface area contributed by atoms with Crippen LogP contribution in [0.3, 0.4) is 0 Å². The first-order chi connectivity index (χ1) is 9.93. The van der Waals surface area contributed by atoms with Crippen molar-refractivity contribution in [3.63, 3.8) is 0 Å². The summed E-state index contributed by atoms with van der Waals surface area (Å²) in [4.78, 5) is 17.1. The van der Waals surface area contributed by atoms with Crippen LogP contribution in [-0.4, -0.2) is 42.9 Å². The Morgan fingerprint density at radius 1 is 1.19 bits per heavy atom. The molecule has 0 spiro atoms. The molecule has 1 aliphatic heterocycles. The highest BCUT2D eigenvalue weighted by atomic mass is 32.2. The SMILES string of the molecule is Cc1ccc2cc(CN3CCS(=O)(=O)CC3)c(=O)[nH]c2c1. The largest absolute Gasteiger partial charge is 0.322 e. The van der Waals surface area contributed by atoms with Gasteiger partial charge in [-0.25, -0.2) is 8.42 Å². The maximum absolute atomic E-state index is 12.1. The predicted molar refractivity (Wildman–Crippen MR) is 83.2 cm³/mol. The molecule has 0 bridgehead atoms. The third-order valence-electron chi connectivity index (χ3n) is 3.91. The number of rotatable bonds is 2. The lowest BCUT2D eigenvalue weighted by molar-refractivity contribution is 0.286. The van der Waals surface area contributed by atoms with Gasteiger partial charge in [0.15, 0.2) is 9.84 Å². The Kier molecular flexibility index (Phi) is 3.59. The summed E-state index contributed by atoms with van der Waals surface area (Å²) in [7, 11) is -2.89. The lowest BCUT2D eigenvalue weighted by Crippen LogP contribution is -2.40. The molecular weight excluding hydrogens is 288 g/mol. The predicted octanol–water partition coefficient (Wildman–Crippen LogP) is 1.07. The van der Waals surface area contributed by atoms with Crippen molar-refractivity contribution in [3.8, 4) is 0 Å². The number of pyridine rings is 1. The van der Waals surface area contributed by atoms with Crippen molar-refractivity contribution in [1.82, 2.24) is 9.88 Å². The molecule has 1 aromatic carbocycles. The van der Waals surface area contributed by atoms with E-state index in [9.17, 15) is 13.2 Å². The van der Waals surface area contributed by atoms with Gasteiger partial charge in [0.05, 0.1) is 11.5 Å². The van der Waals surface area contributed by atoms with Gasteiger partial charge < -0.3 is 4.98 Å². The van der Waals surface area contributed by atoms with E-state index in [-0.39, 0.29) is 17.1 Å². The highest BCUT2D eigenvalue weighted by molar-refractivity contribution is 7.91. The minimum atomic E-state index is -2.89. The van der Waals surface area contributed by atoms with Gasteiger partial charge in [0.1, 0.15) is 0 Å². The van der Waals surface area contributed by atoms with Crippen molar-refractivity contribution in [2.75, 3.05) is 24.6 Å². The highest BCUT2D eigenvalue weighted by Crippen LogP contribution is 2.14. The average molecular weight is 306 g/mol. The van der Waals surface area contributed by atoms with Gasteiger partial charge in [-0.15, -0.1) is 0 Å². The first-order valence-electron chi connectivity index (χ1n) is 6.98. The molecule has 1 aromatic heterocycles. The van der Waals surface area contributed by atoms with Crippen LogP contribution in [0.1, 0.15) is 11.1 Å². The van der Waals surface area contributed by atoms with Gasteiger partial charge in [0.25, 0.3) is 5.56 Å². The topological polar surface area (TPSA) is 70.2 Å². The molecule has 0 unspecified atom stereocenters. The quantitative estimate of drug-likeness (QED) is 0.901. The van der Waals surface area contributed by atoms with Crippen LogP contribution in [-0.2, 0) is 16.4 Å². The van der Waals surface area contributed by atoms with E-state index in [1.54, 1.807) is 0 Å². The van der Waals surface area contributed by atoms with Crippen LogP contribution in [0.2, 0.25) is 0 Å². The van der Waals surface area contributed by atoms with Crippen LogP contribution in [0.5, 0.6) is 0 Å². The lowest BCUT2D eigenvalue weighted by atomic mass is 10.1. The molecule has 3 rings (SSSR count). The molecule has 2 aromatic rings. The van der Waals surface area contributed by atoms with Crippen LogP contribution in [0.15, 0.2) is 29.1 Å². The molecule has 5 nitrogen and oxygen atoms in total. The zero-order chi connectivity index (χ0) is 15.0. The molecule has 0 saturated carbocycles. The smallest absolute Gasteiger partial charge is 0.252 e. The minimum absolute atomic E-state index is 0.0958. The van der Waals surface area contributed by atoms with Crippen molar-refractivity contribution >= 4 is 20.7 Å². The second-order valence-electron chi connectivity index (χ2n) is 5.64. The zero-order valence-corrected chi connectivity index (χ0v) is 12.7. The number of aryl methyl sites for hydroxylation is 1. The Labute approximate surface area is 123 Å². The van der Waals surface area contributed by atoms with Crippen LogP contribution in [0, 0.1) is 6.92 Å². The van der Waals surface area contributed by atoms with E-state index in [1.807, 2.05) is 36.1 Å². The van der Waals surface area contributed by atoms with Gasteiger partial charge in [-0.1, -0.05) is 12.1 Å². The van der Waals surface area contributed by atoms with E-state index in [2.05, 4.69) is 4.98 Å². The van der Waals surface area contributed by atoms with Crippen molar-refractivity contribution < 1.29 is 8.42 Å².